The summed E-state index contributed by atoms with van der Waals surface area (Å²) in [4.78, 5) is 25.7. The van der Waals surface area contributed by atoms with Crippen molar-refractivity contribution in [3.8, 4) is 79.2 Å². The average Bonchev–Trinajstić information content (AvgIpc) is 3.82. The SMILES string of the molecule is c1ccc(-c2nc(-c3cccc(-c4cccc5c4oc4ccccc45)c3)cc(-c3ccc4c(c3)C3c5ccccc5C4c4cc(-c5nc(-c6ccccc6)nc(-c6ccccc6)n5)ccc43)n2)cc1. The van der Waals surface area contributed by atoms with Gasteiger partial charge in [0.2, 0.25) is 0 Å². The van der Waals surface area contributed by atoms with Crippen molar-refractivity contribution in [2.24, 2.45) is 0 Å². The molecule has 0 fully saturated rings. The van der Waals surface area contributed by atoms with E-state index in [1.807, 2.05) is 66.7 Å². The van der Waals surface area contributed by atoms with Crippen molar-refractivity contribution < 1.29 is 4.42 Å². The van der Waals surface area contributed by atoms with Crippen molar-refractivity contribution in [3.63, 3.8) is 0 Å². The Balaban J connectivity index is 0.883. The van der Waals surface area contributed by atoms with Crippen LogP contribution in [0.5, 0.6) is 0 Å². The molecule has 9 aromatic carbocycles. The van der Waals surface area contributed by atoms with Crippen LogP contribution in [0, 0.1) is 0 Å². The van der Waals surface area contributed by atoms with Gasteiger partial charge in [0.1, 0.15) is 11.2 Å². The zero-order valence-corrected chi connectivity index (χ0v) is 37.2. The first-order chi connectivity index (χ1) is 34.2. The van der Waals surface area contributed by atoms with Gasteiger partial charge in [0.25, 0.3) is 0 Å². The molecule has 3 aliphatic rings. The monoisotopic (exact) mass is 881 g/mol. The van der Waals surface area contributed by atoms with Gasteiger partial charge in [0.05, 0.1) is 11.4 Å². The Bertz CT molecular complexity index is 3920. The van der Waals surface area contributed by atoms with E-state index < -0.39 is 0 Å². The molecule has 322 valence electrons. The largest absolute Gasteiger partial charge is 0.455 e. The molecule has 15 rings (SSSR count). The molecule has 3 aliphatic carbocycles. The summed E-state index contributed by atoms with van der Waals surface area (Å²) in [5, 5.41) is 2.22. The summed E-state index contributed by atoms with van der Waals surface area (Å²) in [5.74, 6) is 2.71. The molecule has 0 amide bonds. The van der Waals surface area contributed by atoms with E-state index in [2.05, 4.69) is 158 Å². The molecule has 69 heavy (non-hydrogen) atoms. The number of furan rings is 1. The topological polar surface area (TPSA) is 77.6 Å². The summed E-state index contributed by atoms with van der Waals surface area (Å²) in [6, 6.07) is 78.7. The number of hydrogen-bond acceptors (Lipinski definition) is 6. The van der Waals surface area contributed by atoms with Crippen LogP contribution in [0.25, 0.3) is 101 Å². The molecule has 2 unspecified atom stereocenters. The molecule has 3 heterocycles. The van der Waals surface area contributed by atoms with Crippen molar-refractivity contribution in [1.82, 2.24) is 24.9 Å². The van der Waals surface area contributed by atoms with Crippen molar-refractivity contribution in [1.29, 1.82) is 0 Å². The van der Waals surface area contributed by atoms with E-state index >= 15 is 0 Å². The Hall–Kier alpha value is -9.13. The second kappa shape index (κ2) is 15.8. The Labute approximate surface area is 398 Å². The predicted molar refractivity (Wildman–Crippen MR) is 276 cm³/mol. The lowest BCUT2D eigenvalue weighted by molar-refractivity contribution is 0.670. The molecule has 0 N–H and O–H groups in total. The zero-order valence-electron chi connectivity index (χ0n) is 37.2. The summed E-state index contributed by atoms with van der Waals surface area (Å²) in [6.45, 7) is 0. The first-order valence-electron chi connectivity index (χ1n) is 23.4. The minimum Gasteiger partial charge on any atom is -0.455 e. The molecule has 6 heteroatoms. The number of rotatable bonds is 7. The first-order valence-corrected chi connectivity index (χ1v) is 23.4. The van der Waals surface area contributed by atoms with Gasteiger partial charge >= 0.3 is 0 Å². The number of fused-ring (bicyclic) bond motifs is 3. The van der Waals surface area contributed by atoms with E-state index in [4.69, 9.17) is 29.3 Å². The van der Waals surface area contributed by atoms with E-state index in [9.17, 15) is 0 Å². The molecule has 0 radical (unpaired) electrons. The Morgan fingerprint density at radius 1 is 0.275 bits per heavy atom. The van der Waals surface area contributed by atoms with Crippen molar-refractivity contribution in [2.45, 2.75) is 11.8 Å². The lowest BCUT2D eigenvalue weighted by atomic mass is 9.60. The third-order valence-corrected chi connectivity index (χ3v) is 13.9. The standard InChI is InChI=1S/C63H39N5O/c1-4-16-38(17-5-1)60-64-54(42-23-14-22-41(34-42)45-27-15-28-51-46-24-12-13-29-56(46)69-59(45)51)37-55(65-60)43-30-32-49-52(35-43)57-47-25-10-11-26-48(47)58(49)53-36-44(31-33-50(53)57)63-67-61(39-18-6-2-7-19-39)66-62(68-63)40-20-8-3-9-21-40/h1-37,57-58H. The molecule has 0 saturated carbocycles. The fourth-order valence-electron chi connectivity index (χ4n) is 10.7. The molecule has 12 aromatic rings. The minimum atomic E-state index is 0.0361. The van der Waals surface area contributed by atoms with Gasteiger partial charge in [-0.2, -0.15) is 0 Å². The van der Waals surface area contributed by atoms with Gasteiger partial charge in [-0.3, -0.25) is 0 Å². The maximum Gasteiger partial charge on any atom is 0.164 e. The van der Waals surface area contributed by atoms with Crippen LogP contribution in [0.1, 0.15) is 45.2 Å². The van der Waals surface area contributed by atoms with Crippen LogP contribution >= 0.6 is 0 Å². The number of aromatic nitrogens is 5. The van der Waals surface area contributed by atoms with Crippen LogP contribution in [-0.4, -0.2) is 24.9 Å². The Kier molecular flexibility index (Phi) is 8.92. The normalized spacial score (nSPS) is 14.4. The highest BCUT2D eigenvalue weighted by Gasteiger charge is 2.41. The summed E-state index contributed by atoms with van der Waals surface area (Å²) >= 11 is 0. The molecule has 2 atom stereocenters. The molecule has 0 aliphatic heterocycles. The van der Waals surface area contributed by atoms with Crippen LogP contribution < -0.4 is 0 Å². The lowest BCUT2D eigenvalue weighted by Gasteiger charge is -2.42. The van der Waals surface area contributed by atoms with Crippen LogP contribution in [0.4, 0.5) is 0 Å². The molecule has 0 spiro atoms. The molecular formula is C63H39N5O. The Morgan fingerprint density at radius 2 is 0.710 bits per heavy atom. The third kappa shape index (κ3) is 6.52. The van der Waals surface area contributed by atoms with Crippen LogP contribution in [-0.2, 0) is 0 Å². The van der Waals surface area contributed by atoms with E-state index in [0.717, 1.165) is 77.8 Å². The number of para-hydroxylation sites is 2. The second-order valence-corrected chi connectivity index (χ2v) is 17.9. The summed E-state index contributed by atoms with van der Waals surface area (Å²) in [7, 11) is 0. The molecular weight excluding hydrogens is 843 g/mol. The minimum absolute atomic E-state index is 0.0361. The van der Waals surface area contributed by atoms with E-state index in [-0.39, 0.29) is 11.8 Å². The van der Waals surface area contributed by atoms with Gasteiger partial charge < -0.3 is 4.42 Å². The fraction of sp³-hybridized carbons (Fsp3) is 0.0317. The first kappa shape index (κ1) is 39.1. The maximum absolute atomic E-state index is 6.48. The maximum atomic E-state index is 6.48. The van der Waals surface area contributed by atoms with Gasteiger partial charge in [-0.05, 0) is 69.3 Å². The van der Waals surface area contributed by atoms with Gasteiger partial charge in [-0.15, -0.1) is 0 Å². The molecule has 0 saturated heterocycles. The van der Waals surface area contributed by atoms with Gasteiger partial charge in [-0.25, -0.2) is 24.9 Å². The predicted octanol–water partition coefficient (Wildman–Crippen LogP) is 15.2. The van der Waals surface area contributed by atoms with Crippen LogP contribution in [0.2, 0.25) is 0 Å². The van der Waals surface area contributed by atoms with E-state index in [1.165, 1.54) is 33.4 Å². The molecule has 3 aromatic heterocycles. The smallest absolute Gasteiger partial charge is 0.164 e. The number of hydrogen-bond donors (Lipinski definition) is 0. The van der Waals surface area contributed by atoms with E-state index in [1.54, 1.807) is 0 Å². The highest BCUT2D eigenvalue weighted by Crippen LogP contribution is 2.56. The van der Waals surface area contributed by atoms with Crippen molar-refractivity contribution in [3.05, 3.63) is 258 Å². The quantitative estimate of drug-likeness (QED) is 0.159. The highest BCUT2D eigenvalue weighted by atomic mass is 16.3. The Morgan fingerprint density at radius 3 is 1.33 bits per heavy atom. The van der Waals surface area contributed by atoms with Crippen molar-refractivity contribution >= 4 is 21.9 Å². The van der Waals surface area contributed by atoms with Gasteiger partial charge in [0.15, 0.2) is 23.3 Å². The third-order valence-electron chi connectivity index (χ3n) is 13.9. The van der Waals surface area contributed by atoms with E-state index in [0.29, 0.717) is 23.3 Å². The van der Waals surface area contributed by atoms with Gasteiger partial charge in [0, 0.05) is 61.6 Å². The average molecular weight is 882 g/mol. The molecule has 2 bridgehead atoms. The zero-order chi connectivity index (χ0) is 45.4. The summed E-state index contributed by atoms with van der Waals surface area (Å²) in [6.07, 6.45) is 0. The lowest BCUT2D eigenvalue weighted by Crippen LogP contribution is -2.27. The highest BCUT2D eigenvalue weighted by molar-refractivity contribution is 6.09. The number of nitrogens with zero attached hydrogens (tertiary/aromatic N) is 5. The van der Waals surface area contributed by atoms with Gasteiger partial charge in [-0.1, -0.05) is 194 Å². The molecule has 6 nitrogen and oxygen atoms in total. The van der Waals surface area contributed by atoms with Crippen LogP contribution in [0.15, 0.2) is 229 Å². The van der Waals surface area contributed by atoms with Crippen molar-refractivity contribution in [2.75, 3.05) is 0 Å². The van der Waals surface area contributed by atoms with Crippen LogP contribution in [0.3, 0.4) is 0 Å². The summed E-state index contributed by atoms with van der Waals surface area (Å²) in [5.41, 5.74) is 19.4. The fourth-order valence-corrected chi connectivity index (χ4v) is 10.7. The second-order valence-electron chi connectivity index (χ2n) is 17.9. The summed E-state index contributed by atoms with van der Waals surface area (Å²) < 4.78 is 6.48. The number of benzene rings is 9.